The predicted molar refractivity (Wildman–Crippen MR) is 67.0 cm³/mol. The molecule has 1 fully saturated rings. The fraction of sp³-hybridized carbons (Fsp3) is 1.00. The second-order valence-corrected chi connectivity index (χ2v) is 9.40. The summed E-state index contributed by atoms with van der Waals surface area (Å²) in [6, 6.07) is 0. The van der Waals surface area contributed by atoms with E-state index in [1.165, 1.54) is 12.8 Å². The minimum absolute atomic E-state index is 0.412. The molecule has 1 rings (SSSR count). The highest BCUT2D eigenvalue weighted by Crippen LogP contribution is 2.24. The molecule has 0 aromatic rings. The summed E-state index contributed by atoms with van der Waals surface area (Å²) in [4.78, 5) is 0. The predicted octanol–water partition coefficient (Wildman–Crippen LogP) is 2.62. The van der Waals surface area contributed by atoms with Gasteiger partial charge in [0.1, 0.15) is 6.10 Å². The van der Waals surface area contributed by atoms with Crippen LogP contribution in [0.5, 0.6) is 0 Å². The monoisotopic (exact) mass is 230 g/mol. The van der Waals surface area contributed by atoms with Gasteiger partial charge >= 0.3 is 0 Å². The minimum atomic E-state index is -0.684. The molecule has 0 aromatic heterocycles. The molecule has 1 aliphatic heterocycles. The van der Waals surface area contributed by atoms with Crippen molar-refractivity contribution in [3.63, 3.8) is 0 Å². The molecule has 3 heteroatoms. The van der Waals surface area contributed by atoms with Crippen LogP contribution in [0.2, 0.25) is 13.1 Å². The Bertz CT molecular complexity index is 183. The van der Waals surface area contributed by atoms with E-state index < -0.39 is 8.80 Å². The lowest BCUT2D eigenvalue weighted by molar-refractivity contribution is 0.0755. The van der Waals surface area contributed by atoms with Crippen molar-refractivity contribution in [2.75, 3.05) is 13.2 Å². The molecule has 90 valence electrons. The number of hydrogen-bond acceptors (Lipinski definition) is 2. The minimum Gasteiger partial charge on any atom is -0.379 e. The van der Waals surface area contributed by atoms with E-state index in [0.29, 0.717) is 17.2 Å². The smallest absolute Gasteiger partial charge is 0.104 e. The maximum absolute atomic E-state index is 5.96. The van der Waals surface area contributed by atoms with Crippen molar-refractivity contribution in [3.8, 4) is 0 Å². The summed E-state index contributed by atoms with van der Waals surface area (Å²) in [6.45, 7) is 13.4. The molecular formula is C12H26O2Si. The van der Waals surface area contributed by atoms with E-state index in [1.807, 2.05) is 0 Å². The standard InChI is InChI=1S/C12H26O2Si/c1-12(2,3)7-6-11(15(4)5)14-9-10-8-13-10/h10-11,15H,6-9H2,1-5H3. The largest absolute Gasteiger partial charge is 0.379 e. The Morgan fingerprint density at radius 1 is 1.40 bits per heavy atom. The van der Waals surface area contributed by atoms with E-state index in [1.54, 1.807) is 0 Å². The zero-order valence-electron chi connectivity index (χ0n) is 10.9. The van der Waals surface area contributed by atoms with E-state index in [0.717, 1.165) is 13.2 Å². The second-order valence-electron chi connectivity index (χ2n) is 6.17. The summed E-state index contributed by atoms with van der Waals surface area (Å²) in [5.41, 5.74) is 0.967. The van der Waals surface area contributed by atoms with Gasteiger partial charge in [0.05, 0.1) is 22.0 Å². The van der Waals surface area contributed by atoms with E-state index in [2.05, 4.69) is 33.9 Å². The Balaban J connectivity index is 2.22. The molecule has 2 unspecified atom stereocenters. The van der Waals surface area contributed by atoms with E-state index in [9.17, 15) is 0 Å². The maximum atomic E-state index is 5.96. The first-order chi connectivity index (χ1) is 6.88. The number of hydrogen-bond donors (Lipinski definition) is 0. The van der Waals surface area contributed by atoms with Crippen LogP contribution in [0.15, 0.2) is 0 Å². The Morgan fingerprint density at radius 3 is 2.40 bits per heavy atom. The van der Waals surface area contributed by atoms with Crippen molar-refractivity contribution in [1.82, 2.24) is 0 Å². The molecule has 1 heterocycles. The SMILES string of the molecule is C[SiH](C)C(CCC(C)(C)C)OCC1CO1. The lowest BCUT2D eigenvalue weighted by Crippen LogP contribution is -2.30. The van der Waals surface area contributed by atoms with E-state index >= 15 is 0 Å². The summed E-state index contributed by atoms with van der Waals surface area (Å²) in [6.07, 6.45) is 2.89. The summed E-state index contributed by atoms with van der Waals surface area (Å²) >= 11 is 0. The van der Waals surface area contributed by atoms with Crippen LogP contribution in [0.25, 0.3) is 0 Å². The summed E-state index contributed by atoms with van der Waals surface area (Å²) in [5, 5.41) is 0. The molecule has 0 aromatic carbocycles. The van der Waals surface area contributed by atoms with Gasteiger partial charge in [-0.05, 0) is 18.3 Å². The van der Waals surface area contributed by atoms with Crippen molar-refractivity contribution in [2.45, 2.75) is 58.5 Å². The molecule has 0 spiro atoms. The van der Waals surface area contributed by atoms with Crippen molar-refractivity contribution in [3.05, 3.63) is 0 Å². The highest BCUT2D eigenvalue weighted by molar-refractivity contribution is 6.57. The Kier molecular flexibility index (Phi) is 4.81. The molecule has 0 radical (unpaired) electrons. The first kappa shape index (κ1) is 13.2. The van der Waals surface area contributed by atoms with Crippen molar-refractivity contribution in [2.24, 2.45) is 5.41 Å². The molecule has 2 atom stereocenters. The van der Waals surface area contributed by atoms with Crippen LogP contribution >= 0.6 is 0 Å². The van der Waals surface area contributed by atoms with Gasteiger partial charge in [0.2, 0.25) is 0 Å². The third kappa shape index (κ3) is 6.33. The molecule has 0 N–H and O–H groups in total. The Morgan fingerprint density at radius 2 is 2.00 bits per heavy atom. The van der Waals surface area contributed by atoms with Crippen molar-refractivity contribution in [1.29, 1.82) is 0 Å². The first-order valence-electron chi connectivity index (χ1n) is 6.12. The lowest BCUT2D eigenvalue weighted by atomic mass is 9.91. The Hall–Kier alpha value is 0.137. The molecule has 0 saturated carbocycles. The van der Waals surface area contributed by atoms with Crippen LogP contribution in [0, 0.1) is 5.41 Å². The fourth-order valence-corrected chi connectivity index (χ4v) is 2.91. The highest BCUT2D eigenvalue weighted by Gasteiger charge is 2.26. The van der Waals surface area contributed by atoms with Crippen molar-refractivity contribution < 1.29 is 9.47 Å². The molecule has 0 amide bonds. The van der Waals surface area contributed by atoms with Gasteiger partial charge in [-0.2, -0.15) is 0 Å². The van der Waals surface area contributed by atoms with Crippen molar-refractivity contribution >= 4 is 8.80 Å². The topological polar surface area (TPSA) is 21.8 Å². The number of ether oxygens (including phenoxy) is 2. The average molecular weight is 230 g/mol. The molecule has 1 saturated heterocycles. The van der Waals surface area contributed by atoms with E-state index in [-0.39, 0.29) is 0 Å². The highest BCUT2D eigenvalue weighted by atomic mass is 28.3. The molecule has 0 aliphatic carbocycles. The van der Waals surface area contributed by atoms with Gasteiger partial charge in [0.25, 0.3) is 0 Å². The van der Waals surface area contributed by atoms with Gasteiger partial charge in [-0.15, -0.1) is 0 Å². The third-order valence-corrected chi connectivity index (χ3v) is 4.83. The normalized spacial score (nSPS) is 23.2. The van der Waals surface area contributed by atoms with Gasteiger partial charge in [-0.1, -0.05) is 33.9 Å². The zero-order chi connectivity index (χ0) is 11.5. The molecule has 1 aliphatic rings. The maximum Gasteiger partial charge on any atom is 0.104 e. The van der Waals surface area contributed by atoms with Gasteiger partial charge < -0.3 is 9.47 Å². The lowest BCUT2D eigenvalue weighted by Gasteiger charge is -2.25. The number of epoxide rings is 1. The molecule has 15 heavy (non-hydrogen) atoms. The molecule has 2 nitrogen and oxygen atoms in total. The van der Waals surface area contributed by atoms with Gasteiger partial charge in [0, 0.05) is 5.73 Å². The van der Waals surface area contributed by atoms with Gasteiger partial charge in [-0.3, -0.25) is 0 Å². The van der Waals surface area contributed by atoms with Gasteiger partial charge in [-0.25, -0.2) is 0 Å². The van der Waals surface area contributed by atoms with Gasteiger partial charge in [0.15, 0.2) is 0 Å². The quantitative estimate of drug-likeness (QED) is 0.517. The first-order valence-corrected chi connectivity index (χ1v) is 9.09. The fourth-order valence-electron chi connectivity index (χ4n) is 1.58. The van der Waals surface area contributed by atoms with Crippen LogP contribution < -0.4 is 0 Å². The van der Waals surface area contributed by atoms with Crippen LogP contribution in [0.4, 0.5) is 0 Å². The van der Waals surface area contributed by atoms with Crippen LogP contribution in [-0.4, -0.2) is 33.8 Å². The molecule has 0 bridgehead atoms. The summed E-state index contributed by atoms with van der Waals surface area (Å²) < 4.78 is 11.1. The second kappa shape index (κ2) is 5.46. The molecular weight excluding hydrogens is 204 g/mol. The Labute approximate surface area is 96.0 Å². The summed E-state index contributed by atoms with van der Waals surface area (Å²) in [7, 11) is -0.684. The average Bonchev–Trinajstić information content (AvgIpc) is 2.84. The zero-order valence-corrected chi connectivity index (χ0v) is 12.0. The van der Waals surface area contributed by atoms with Crippen LogP contribution in [0.3, 0.4) is 0 Å². The number of rotatable bonds is 6. The van der Waals surface area contributed by atoms with Crippen LogP contribution in [0.1, 0.15) is 33.6 Å². The van der Waals surface area contributed by atoms with E-state index in [4.69, 9.17) is 9.47 Å². The van der Waals surface area contributed by atoms with Crippen LogP contribution in [-0.2, 0) is 9.47 Å². The third-order valence-electron chi connectivity index (χ3n) is 2.82. The summed E-state index contributed by atoms with van der Waals surface area (Å²) in [5.74, 6) is 0.